The number of hydrogen-bond donors (Lipinski definition) is 1. The van der Waals surface area contributed by atoms with E-state index in [1.165, 1.54) is 0 Å². The van der Waals surface area contributed by atoms with E-state index in [0.29, 0.717) is 6.42 Å². The molecule has 1 aromatic carbocycles. The zero-order chi connectivity index (χ0) is 13.9. The van der Waals surface area contributed by atoms with Crippen molar-refractivity contribution in [3.8, 4) is 0 Å². The molecule has 0 spiro atoms. The first-order valence-corrected chi connectivity index (χ1v) is 6.66. The molecule has 7 heteroatoms. The summed E-state index contributed by atoms with van der Waals surface area (Å²) in [6.45, 7) is -1.57. The van der Waals surface area contributed by atoms with Gasteiger partial charge in [0.25, 0.3) is 0 Å². The Hall–Kier alpha value is -1.37. The van der Waals surface area contributed by atoms with Crippen molar-refractivity contribution in [1.29, 1.82) is 0 Å². The molecule has 0 bridgehead atoms. The molecule has 1 heterocycles. The minimum absolute atomic E-state index is 0.293. The number of ether oxygens (including phenoxy) is 1. The molecule has 1 unspecified atom stereocenters. The van der Waals surface area contributed by atoms with E-state index in [1.54, 1.807) is 11.8 Å². The van der Waals surface area contributed by atoms with Gasteiger partial charge < -0.3 is 10.1 Å². The summed E-state index contributed by atoms with van der Waals surface area (Å²) in [5.41, 5.74) is 0.919. The summed E-state index contributed by atoms with van der Waals surface area (Å²) in [5, 5.41) is 2.47. The van der Waals surface area contributed by atoms with Crippen LogP contribution in [0.15, 0.2) is 29.2 Å². The van der Waals surface area contributed by atoms with Crippen LogP contribution < -0.4 is 5.32 Å². The van der Waals surface area contributed by atoms with Crippen LogP contribution in [0, 0.1) is 0 Å². The van der Waals surface area contributed by atoms with Crippen LogP contribution >= 0.6 is 11.8 Å². The Morgan fingerprint density at radius 2 is 2.16 bits per heavy atom. The third-order valence-corrected chi connectivity index (χ3v) is 3.74. The van der Waals surface area contributed by atoms with Crippen LogP contribution in [0.3, 0.4) is 0 Å². The molecule has 1 amide bonds. The maximum Gasteiger partial charge on any atom is 0.422 e. The van der Waals surface area contributed by atoms with Gasteiger partial charge in [-0.1, -0.05) is 18.2 Å². The zero-order valence-electron chi connectivity index (χ0n) is 9.87. The Labute approximate surface area is 112 Å². The fourth-order valence-corrected chi connectivity index (χ4v) is 2.95. The first-order chi connectivity index (χ1) is 8.96. The lowest BCUT2D eigenvalue weighted by atomic mass is 10.0. The molecule has 1 aromatic rings. The summed E-state index contributed by atoms with van der Waals surface area (Å²) in [6, 6.07) is 7.21. The van der Waals surface area contributed by atoms with Gasteiger partial charge >= 0.3 is 12.3 Å². The number of benzene rings is 1. The molecule has 0 radical (unpaired) electrons. The van der Waals surface area contributed by atoms with Gasteiger partial charge in [-0.3, -0.25) is 0 Å². The fourth-order valence-electron chi connectivity index (χ4n) is 1.82. The molecular formula is C12H12F3NO2S. The van der Waals surface area contributed by atoms with Gasteiger partial charge in [-0.05, 0) is 18.1 Å². The second kappa shape index (κ2) is 5.73. The number of carbonyl (C=O) groups excluding carboxylic acids is 1. The van der Waals surface area contributed by atoms with Gasteiger partial charge in [0, 0.05) is 10.6 Å². The minimum Gasteiger partial charge on any atom is -0.440 e. The number of rotatable bonds is 2. The molecule has 1 atom stereocenters. The van der Waals surface area contributed by atoms with E-state index in [0.717, 1.165) is 16.2 Å². The minimum atomic E-state index is -4.50. The Balaban J connectivity index is 1.95. The van der Waals surface area contributed by atoms with Gasteiger partial charge in [-0.25, -0.2) is 4.79 Å². The number of hydrogen-bond acceptors (Lipinski definition) is 3. The molecular weight excluding hydrogens is 279 g/mol. The SMILES string of the molecule is O=C(NC1CCSc2ccccc21)OCC(F)(F)F. The van der Waals surface area contributed by atoms with E-state index in [2.05, 4.69) is 10.1 Å². The average Bonchev–Trinajstić information content (AvgIpc) is 2.36. The first-order valence-electron chi connectivity index (χ1n) is 5.67. The van der Waals surface area contributed by atoms with Crippen LogP contribution in [0.25, 0.3) is 0 Å². The molecule has 0 aromatic heterocycles. The van der Waals surface area contributed by atoms with E-state index in [-0.39, 0.29) is 6.04 Å². The predicted molar refractivity (Wildman–Crippen MR) is 65.1 cm³/mol. The normalized spacial score (nSPS) is 18.6. The van der Waals surface area contributed by atoms with Gasteiger partial charge in [0.05, 0.1) is 6.04 Å². The topological polar surface area (TPSA) is 38.3 Å². The summed E-state index contributed by atoms with van der Waals surface area (Å²) in [7, 11) is 0. The molecule has 0 saturated carbocycles. The van der Waals surface area contributed by atoms with Crippen LogP contribution in [-0.2, 0) is 4.74 Å². The largest absolute Gasteiger partial charge is 0.440 e. The van der Waals surface area contributed by atoms with E-state index in [1.807, 2.05) is 24.3 Å². The van der Waals surface area contributed by atoms with Crippen LogP contribution in [0.4, 0.5) is 18.0 Å². The van der Waals surface area contributed by atoms with Crippen LogP contribution in [0.5, 0.6) is 0 Å². The molecule has 1 aliphatic rings. The standard InChI is InChI=1S/C12H12F3NO2S/c13-12(14,15)7-18-11(17)16-9-5-6-19-10-4-2-1-3-8(9)10/h1-4,9H,5-7H2,(H,16,17). The maximum absolute atomic E-state index is 11.9. The van der Waals surface area contributed by atoms with E-state index in [4.69, 9.17) is 0 Å². The molecule has 104 valence electrons. The first kappa shape index (κ1) is 14.0. The molecule has 19 heavy (non-hydrogen) atoms. The number of alkyl halides is 3. The lowest BCUT2D eigenvalue weighted by Gasteiger charge is -2.25. The molecule has 2 rings (SSSR count). The van der Waals surface area contributed by atoms with Crippen molar-refractivity contribution in [3.05, 3.63) is 29.8 Å². The number of fused-ring (bicyclic) bond motifs is 1. The molecule has 0 saturated heterocycles. The highest BCUT2D eigenvalue weighted by Crippen LogP contribution is 2.35. The molecule has 1 aliphatic heterocycles. The van der Waals surface area contributed by atoms with Crippen molar-refractivity contribution < 1.29 is 22.7 Å². The van der Waals surface area contributed by atoms with E-state index < -0.39 is 18.9 Å². The van der Waals surface area contributed by atoms with E-state index in [9.17, 15) is 18.0 Å². The second-order valence-electron chi connectivity index (χ2n) is 4.06. The Morgan fingerprint density at radius 1 is 1.42 bits per heavy atom. The van der Waals surface area contributed by atoms with Gasteiger partial charge in [0.15, 0.2) is 6.61 Å². The molecule has 0 fully saturated rings. The second-order valence-corrected chi connectivity index (χ2v) is 5.20. The van der Waals surface area contributed by atoms with Crippen molar-refractivity contribution in [1.82, 2.24) is 5.32 Å². The van der Waals surface area contributed by atoms with Crippen LogP contribution in [0.1, 0.15) is 18.0 Å². The summed E-state index contributed by atoms with van der Waals surface area (Å²) < 4.78 is 39.9. The van der Waals surface area contributed by atoms with E-state index >= 15 is 0 Å². The van der Waals surface area contributed by atoms with Gasteiger partial charge in [-0.2, -0.15) is 13.2 Å². The number of halogens is 3. The molecule has 0 aliphatic carbocycles. The number of nitrogens with one attached hydrogen (secondary N) is 1. The zero-order valence-corrected chi connectivity index (χ0v) is 10.7. The number of alkyl carbamates (subject to hydrolysis) is 1. The number of carbonyl (C=O) groups is 1. The summed E-state index contributed by atoms with van der Waals surface area (Å²) in [4.78, 5) is 12.4. The molecule has 3 nitrogen and oxygen atoms in total. The Kier molecular flexibility index (Phi) is 4.24. The quantitative estimate of drug-likeness (QED) is 0.906. The monoisotopic (exact) mass is 291 g/mol. The van der Waals surface area contributed by atoms with Crippen molar-refractivity contribution in [3.63, 3.8) is 0 Å². The van der Waals surface area contributed by atoms with Gasteiger partial charge in [-0.15, -0.1) is 11.8 Å². The highest BCUT2D eigenvalue weighted by Gasteiger charge is 2.30. The van der Waals surface area contributed by atoms with Crippen molar-refractivity contribution in [2.75, 3.05) is 12.4 Å². The van der Waals surface area contributed by atoms with Gasteiger partial charge in [0.2, 0.25) is 0 Å². The maximum atomic E-state index is 11.9. The summed E-state index contributed by atoms with van der Waals surface area (Å²) >= 11 is 1.67. The van der Waals surface area contributed by atoms with Crippen LogP contribution in [-0.4, -0.2) is 24.6 Å². The summed E-state index contributed by atoms with van der Waals surface area (Å²) in [5.74, 6) is 0.807. The van der Waals surface area contributed by atoms with Crippen molar-refractivity contribution in [2.24, 2.45) is 0 Å². The van der Waals surface area contributed by atoms with Crippen molar-refractivity contribution in [2.45, 2.75) is 23.5 Å². The predicted octanol–water partition coefficient (Wildman–Crippen LogP) is 3.51. The lowest BCUT2D eigenvalue weighted by Crippen LogP contribution is -2.33. The summed E-state index contributed by atoms with van der Waals surface area (Å²) in [6.07, 6.45) is -4.87. The third-order valence-electron chi connectivity index (χ3n) is 2.62. The lowest BCUT2D eigenvalue weighted by molar-refractivity contribution is -0.160. The third kappa shape index (κ3) is 4.05. The smallest absolute Gasteiger partial charge is 0.422 e. The highest BCUT2D eigenvalue weighted by atomic mass is 32.2. The highest BCUT2D eigenvalue weighted by molar-refractivity contribution is 7.99. The van der Waals surface area contributed by atoms with Crippen LogP contribution in [0.2, 0.25) is 0 Å². The average molecular weight is 291 g/mol. The number of amides is 1. The fraction of sp³-hybridized carbons (Fsp3) is 0.417. The van der Waals surface area contributed by atoms with Crippen molar-refractivity contribution >= 4 is 17.9 Å². The Morgan fingerprint density at radius 3 is 2.89 bits per heavy atom. The Bertz CT molecular complexity index is 465. The van der Waals surface area contributed by atoms with Gasteiger partial charge in [0.1, 0.15) is 0 Å². The number of thioether (sulfide) groups is 1. The molecule has 1 N–H and O–H groups in total.